The van der Waals surface area contributed by atoms with Crippen LogP contribution in [-0.4, -0.2) is 199 Å². The van der Waals surface area contributed by atoms with Gasteiger partial charge in [0, 0.05) is 0 Å². The normalized spacial score (nSPS) is 55.9. The summed E-state index contributed by atoms with van der Waals surface area (Å²) in [7, 11) is 0. The van der Waals surface area contributed by atoms with Crippen molar-refractivity contribution in [3.63, 3.8) is 0 Å². The molecule has 44 heavy (non-hydrogen) atoms. The van der Waals surface area contributed by atoms with Gasteiger partial charge in [-0.1, -0.05) is 6.92 Å². The standard InChI is InChI=1S/C25H42O19/c1-2-6-12(29)20-18(35)22(39-6)37-4-8-10(27)15(32)17(34)25(42-8)44-21-13(30)7(3-26)40-23(19(21)36)38-5-9-11(28)14(31)16(33)24(41-9)43-20/h6-36H,2-5H2,1H3/t6?,7?,8?,9?,10-,11-,12+,13+,14-,15-,16?,17?,18?,19?,20+,21+,22?,23?,24-,25-/m0/s1. The first kappa shape index (κ1) is 34.6. The Hall–Kier alpha value is -0.760. The Balaban J connectivity index is 1.47. The van der Waals surface area contributed by atoms with Crippen LogP contribution in [0.15, 0.2) is 0 Å². The molecule has 0 aliphatic carbocycles. The fraction of sp³-hybridized carbons (Fsp3) is 1.00. The Bertz CT molecular complexity index is 860. The lowest BCUT2D eigenvalue weighted by Crippen LogP contribution is -2.66. The van der Waals surface area contributed by atoms with Gasteiger partial charge in [-0.25, -0.2) is 0 Å². The molecule has 19 heteroatoms. The maximum absolute atomic E-state index is 11.0. The summed E-state index contributed by atoms with van der Waals surface area (Å²) in [5.41, 5.74) is 0. The van der Waals surface area contributed by atoms with Crippen molar-refractivity contribution in [2.75, 3.05) is 19.8 Å². The molecule has 0 aromatic rings. The predicted molar refractivity (Wildman–Crippen MR) is 134 cm³/mol. The molecule has 11 N–H and O–H groups in total. The number of fused-ring (bicyclic) bond motifs is 8. The summed E-state index contributed by atoms with van der Waals surface area (Å²) in [4.78, 5) is 0. The quantitative estimate of drug-likeness (QED) is 0.133. The van der Waals surface area contributed by atoms with Crippen LogP contribution in [0.4, 0.5) is 0 Å². The molecule has 20 atom stereocenters. The van der Waals surface area contributed by atoms with Crippen LogP contribution in [-0.2, 0) is 37.9 Å². The zero-order valence-corrected chi connectivity index (χ0v) is 23.6. The van der Waals surface area contributed by atoms with Crippen LogP contribution < -0.4 is 0 Å². The number of aliphatic hydroxyl groups is 11. The van der Waals surface area contributed by atoms with E-state index in [1.807, 2.05) is 0 Å². The van der Waals surface area contributed by atoms with Gasteiger partial charge >= 0.3 is 0 Å². The molecule has 5 aliphatic rings. The van der Waals surface area contributed by atoms with Crippen LogP contribution in [0.2, 0.25) is 0 Å². The lowest BCUT2D eigenvalue weighted by molar-refractivity contribution is -0.383. The van der Waals surface area contributed by atoms with Gasteiger partial charge in [-0.15, -0.1) is 0 Å². The minimum atomic E-state index is -1.90. The average Bonchev–Trinajstić information content (AvgIpc) is 3.01. The summed E-state index contributed by atoms with van der Waals surface area (Å²) < 4.78 is 45.0. The molecule has 5 heterocycles. The monoisotopic (exact) mass is 646 g/mol. The van der Waals surface area contributed by atoms with Gasteiger partial charge in [0.15, 0.2) is 25.2 Å². The first-order chi connectivity index (χ1) is 20.9. The molecule has 0 saturated carbocycles. The highest BCUT2D eigenvalue weighted by atomic mass is 16.8. The molecule has 8 bridgehead atoms. The first-order valence-corrected chi connectivity index (χ1v) is 14.4. The SMILES string of the molecule is CCC1OC2OCC3O[C@@H](O[C@H]4C(O)C(OCC5O[C@@H](O[C@@H](C2O)[C@@H]1O)C(O)[C@@H](O)[C@H]5O)OC(CO)[C@H]4O)C(O)[C@@H](O)[C@H]3O. The molecule has 5 rings (SSSR count). The van der Waals surface area contributed by atoms with Gasteiger partial charge in [0.1, 0.15) is 91.6 Å². The largest absolute Gasteiger partial charge is 0.394 e. The zero-order chi connectivity index (χ0) is 32.0. The van der Waals surface area contributed by atoms with Crippen molar-refractivity contribution in [3.8, 4) is 0 Å². The third kappa shape index (κ3) is 6.52. The number of rotatable bonds is 2. The van der Waals surface area contributed by atoms with E-state index in [-0.39, 0.29) is 6.42 Å². The van der Waals surface area contributed by atoms with Gasteiger partial charge < -0.3 is 94.1 Å². The van der Waals surface area contributed by atoms with Crippen molar-refractivity contribution in [3.05, 3.63) is 0 Å². The van der Waals surface area contributed by atoms with Gasteiger partial charge in [-0.2, -0.15) is 0 Å². The third-order valence-electron chi connectivity index (χ3n) is 8.64. The van der Waals surface area contributed by atoms with Crippen molar-refractivity contribution in [1.82, 2.24) is 0 Å². The summed E-state index contributed by atoms with van der Waals surface area (Å²) in [6.45, 7) is -0.347. The Kier molecular flexibility index (Phi) is 11.1. The highest BCUT2D eigenvalue weighted by molar-refractivity contribution is 4.97. The Morgan fingerprint density at radius 1 is 0.432 bits per heavy atom. The van der Waals surface area contributed by atoms with Crippen LogP contribution in [0.3, 0.4) is 0 Å². The van der Waals surface area contributed by atoms with Gasteiger partial charge in [0.25, 0.3) is 0 Å². The minimum Gasteiger partial charge on any atom is -0.394 e. The van der Waals surface area contributed by atoms with Crippen molar-refractivity contribution < 1.29 is 94.1 Å². The van der Waals surface area contributed by atoms with Crippen molar-refractivity contribution in [2.24, 2.45) is 0 Å². The molecular weight excluding hydrogens is 604 g/mol. The van der Waals surface area contributed by atoms with E-state index in [2.05, 4.69) is 0 Å². The van der Waals surface area contributed by atoms with Gasteiger partial charge in [-0.3, -0.25) is 0 Å². The maximum Gasteiger partial charge on any atom is 0.187 e. The Morgan fingerprint density at radius 3 is 1.25 bits per heavy atom. The molecule has 256 valence electrons. The predicted octanol–water partition coefficient (Wildman–Crippen LogP) is -7.29. The summed E-state index contributed by atoms with van der Waals surface area (Å²) in [5.74, 6) is 0. The molecule has 19 nitrogen and oxygen atoms in total. The molecule has 0 aromatic heterocycles. The summed E-state index contributed by atoms with van der Waals surface area (Å²) >= 11 is 0. The van der Waals surface area contributed by atoms with Crippen LogP contribution in [0.5, 0.6) is 0 Å². The Morgan fingerprint density at radius 2 is 0.841 bits per heavy atom. The Labute approximate surface area is 250 Å². The summed E-state index contributed by atoms with van der Waals surface area (Å²) in [5, 5.41) is 117. The van der Waals surface area contributed by atoms with Crippen molar-refractivity contribution in [2.45, 2.75) is 136 Å². The first-order valence-electron chi connectivity index (χ1n) is 14.4. The number of hydrogen-bond donors (Lipinski definition) is 11. The van der Waals surface area contributed by atoms with Gasteiger partial charge in [0.05, 0.1) is 25.9 Å². The number of aliphatic hydroxyl groups excluding tert-OH is 11. The highest BCUT2D eigenvalue weighted by Crippen LogP contribution is 2.34. The summed E-state index contributed by atoms with van der Waals surface area (Å²) in [6.07, 6.45) is -32.8. The van der Waals surface area contributed by atoms with Crippen LogP contribution in [0.25, 0.3) is 0 Å². The van der Waals surface area contributed by atoms with E-state index < -0.39 is 143 Å². The average molecular weight is 647 g/mol. The van der Waals surface area contributed by atoms with Gasteiger partial charge in [-0.05, 0) is 6.42 Å². The van der Waals surface area contributed by atoms with E-state index in [9.17, 15) is 56.2 Å². The molecular formula is C25H42O19. The lowest BCUT2D eigenvalue weighted by Gasteiger charge is -2.48. The topological polar surface area (TPSA) is 296 Å². The van der Waals surface area contributed by atoms with E-state index in [0.29, 0.717) is 0 Å². The van der Waals surface area contributed by atoms with Crippen LogP contribution >= 0.6 is 0 Å². The second-order valence-electron chi connectivity index (χ2n) is 11.5. The zero-order valence-electron chi connectivity index (χ0n) is 23.6. The number of ether oxygens (including phenoxy) is 8. The molecule has 10 unspecified atom stereocenters. The molecule has 0 spiro atoms. The molecule has 5 fully saturated rings. The fourth-order valence-corrected chi connectivity index (χ4v) is 5.91. The smallest absolute Gasteiger partial charge is 0.187 e. The lowest BCUT2D eigenvalue weighted by atomic mass is 9.95. The second-order valence-corrected chi connectivity index (χ2v) is 11.5. The third-order valence-corrected chi connectivity index (χ3v) is 8.64. The maximum atomic E-state index is 11.0. The van der Waals surface area contributed by atoms with E-state index >= 15 is 0 Å². The van der Waals surface area contributed by atoms with E-state index in [1.54, 1.807) is 6.92 Å². The van der Waals surface area contributed by atoms with Crippen LogP contribution in [0.1, 0.15) is 13.3 Å². The molecule has 5 saturated heterocycles. The molecule has 0 radical (unpaired) electrons. The minimum absolute atomic E-state index is 0.200. The highest BCUT2D eigenvalue weighted by Gasteiger charge is 2.54. The van der Waals surface area contributed by atoms with Gasteiger partial charge in [0.2, 0.25) is 0 Å². The molecule has 0 aromatic carbocycles. The second kappa shape index (κ2) is 14.2. The number of hydrogen-bond acceptors (Lipinski definition) is 19. The van der Waals surface area contributed by atoms with Crippen molar-refractivity contribution >= 4 is 0 Å². The van der Waals surface area contributed by atoms with E-state index in [1.165, 1.54) is 0 Å². The van der Waals surface area contributed by atoms with E-state index in [4.69, 9.17) is 37.9 Å². The fourth-order valence-electron chi connectivity index (χ4n) is 5.91. The molecule has 5 aliphatic heterocycles. The molecule has 0 amide bonds. The van der Waals surface area contributed by atoms with E-state index in [0.717, 1.165) is 0 Å². The van der Waals surface area contributed by atoms with Crippen LogP contribution in [0, 0.1) is 0 Å². The van der Waals surface area contributed by atoms with Crippen molar-refractivity contribution in [1.29, 1.82) is 0 Å². The summed E-state index contributed by atoms with van der Waals surface area (Å²) in [6, 6.07) is 0.